The number of furan rings is 1. The molecule has 1 heterocycles. The molecule has 0 saturated carbocycles. The lowest BCUT2D eigenvalue weighted by molar-refractivity contribution is 0.670. The third kappa shape index (κ3) is 4.35. The molecule has 46 heavy (non-hydrogen) atoms. The van der Waals surface area contributed by atoms with Crippen LogP contribution in [-0.2, 0) is 0 Å². The molecule has 0 atom stereocenters. The van der Waals surface area contributed by atoms with Gasteiger partial charge in [0.25, 0.3) is 0 Å². The second-order valence-electron chi connectivity index (χ2n) is 11.7. The number of hydrogen-bond acceptors (Lipinski definition) is 2. The van der Waals surface area contributed by atoms with Crippen LogP contribution in [0, 0.1) is 0 Å². The van der Waals surface area contributed by atoms with E-state index in [1.807, 2.05) is 0 Å². The molecule has 0 radical (unpaired) electrons. The SMILES string of the molecule is c1ccc(-c2ccc(N(c3ccc4oc5c(-c6ccccc6)c6ccccc6cc5c4c3)c3cccc4ccccc34)cc2)cc1. The first-order valence-electron chi connectivity index (χ1n) is 15.7. The maximum Gasteiger partial charge on any atom is 0.143 e. The molecule has 0 N–H and O–H groups in total. The van der Waals surface area contributed by atoms with Crippen molar-refractivity contribution in [1.29, 1.82) is 0 Å². The minimum absolute atomic E-state index is 0.878. The fourth-order valence-electron chi connectivity index (χ4n) is 6.86. The molecule has 0 aliphatic rings. The summed E-state index contributed by atoms with van der Waals surface area (Å²) in [6.45, 7) is 0. The van der Waals surface area contributed by atoms with Gasteiger partial charge < -0.3 is 9.32 Å². The van der Waals surface area contributed by atoms with Crippen molar-refractivity contribution >= 4 is 60.5 Å². The van der Waals surface area contributed by atoms with Crippen molar-refractivity contribution in [2.24, 2.45) is 0 Å². The molecule has 0 saturated heterocycles. The van der Waals surface area contributed by atoms with Gasteiger partial charge in [-0.25, -0.2) is 0 Å². The van der Waals surface area contributed by atoms with Gasteiger partial charge in [0.2, 0.25) is 0 Å². The fraction of sp³-hybridized carbons (Fsp3) is 0. The molecular formula is C44H29NO. The molecule has 0 aliphatic heterocycles. The molecule has 0 amide bonds. The second-order valence-corrected chi connectivity index (χ2v) is 11.7. The van der Waals surface area contributed by atoms with Gasteiger partial charge in [0.15, 0.2) is 0 Å². The van der Waals surface area contributed by atoms with Gasteiger partial charge in [0, 0.05) is 33.1 Å². The van der Waals surface area contributed by atoms with Crippen molar-refractivity contribution in [3.05, 3.63) is 176 Å². The summed E-state index contributed by atoms with van der Waals surface area (Å²) >= 11 is 0. The van der Waals surface area contributed by atoms with E-state index in [1.54, 1.807) is 0 Å². The van der Waals surface area contributed by atoms with E-state index in [0.717, 1.165) is 50.1 Å². The van der Waals surface area contributed by atoms with Crippen LogP contribution >= 0.6 is 0 Å². The molecule has 9 rings (SSSR count). The van der Waals surface area contributed by atoms with E-state index in [4.69, 9.17) is 4.42 Å². The predicted molar refractivity (Wildman–Crippen MR) is 194 cm³/mol. The maximum absolute atomic E-state index is 6.71. The lowest BCUT2D eigenvalue weighted by Crippen LogP contribution is -2.10. The highest BCUT2D eigenvalue weighted by Gasteiger charge is 2.20. The highest BCUT2D eigenvalue weighted by Crippen LogP contribution is 2.45. The van der Waals surface area contributed by atoms with Gasteiger partial charge in [-0.1, -0.05) is 133 Å². The Balaban J connectivity index is 1.28. The van der Waals surface area contributed by atoms with E-state index in [-0.39, 0.29) is 0 Å². The number of rotatable bonds is 5. The molecule has 2 nitrogen and oxygen atoms in total. The summed E-state index contributed by atoms with van der Waals surface area (Å²) in [6, 6.07) is 62.6. The minimum atomic E-state index is 0.878. The van der Waals surface area contributed by atoms with Crippen LogP contribution in [-0.4, -0.2) is 0 Å². The Bertz CT molecular complexity index is 2510. The van der Waals surface area contributed by atoms with E-state index in [2.05, 4.69) is 181 Å². The molecule has 2 heteroatoms. The molecular weight excluding hydrogens is 558 g/mol. The van der Waals surface area contributed by atoms with Gasteiger partial charge in [-0.05, 0) is 75.3 Å². The lowest BCUT2D eigenvalue weighted by Gasteiger charge is -2.27. The predicted octanol–water partition coefficient (Wildman–Crippen LogP) is 12.7. The fourth-order valence-corrected chi connectivity index (χ4v) is 6.86. The van der Waals surface area contributed by atoms with E-state index >= 15 is 0 Å². The van der Waals surface area contributed by atoms with Crippen LogP contribution in [0.4, 0.5) is 17.1 Å². The van der Waals surface area contributed by atoms with Crippen LogP contribution in [0.2, 0.25) is 0 Å². The van der Waals surface area contributed by atoms with Crippen LogP contribution < -0.4 is 4.90 Å². The zero-order chi connectivity index (χ0) is 30.5. The highest BCUT2D eigenvalue weighted by atomic mass is 16.3. The van der Waals surface area contributed by atoms with Crippen LogP contribution in [0.1, 0.15) is 0 Å². The van der Waals surface area contributed by atoms with E-state index < -0.39 is 0 Å². The second kappa shape index (κ2) is 10.8. The number of nitrogens with zero attached hydrogens (tertiary/aromatic N) is 1. The molecule has 8 aromatic carbocycles. The van der Waals surface area contributed by atoms with Gasteiger partial charge in [-0.3, -0.25) is 0 Å². The Kier molecular flexibility index (Phi) is 6.17. The number of anilines is 3. The molecule has 0 unspecified atom stereocenters. The van der Waals surface area contributed by atoms with Gasteiger partial charge in [-0.15, -0.1) is 0 Å². The van der Waals surface area contributed by atoms with E-state index in [0.29, 0.717) is 0 Å². The van der Waals surface area contributed by atoms with Gasteiger partial charge in [0.05, 0.1) is 5.69 Å². The quantitative estimate of drug-likeness (QED) is 0.199. The number of benzene rings is 8. The summed E-state index contributed by atoms with van der Waals surface area (Å²) in [4.78, 5) is 2.37. The Hall–Kier alpha value is -6.12. The Morgan fingerprint density at radius 3 is 1.76 bits per heavy atom. The van der Waals surface area contributed by atoms with Crippen molar-refractivity contribution in [1.82, 2.24) is 0 Å². The van der Waals surface area contributed by atoms with Crippen molar-refractivity contribution in [2.75, 3.05) is 4.90 Å². The summed E-state index contributed by atoms with van der Waals surface area (Å²) in [5.74, 6) is 0. The Labute approximate surface area is 267 Å². The minimum Gasteiger partial charge on any atom is -0.455 e. The van der Waals surface area contributed by atoms with Crippen LogP contribution in [0.5, 0.6) is 0 Å². The van der Waals surface area contributed by atoms with Crippen LogP contribution in [0.25, 0.3) is 65.7 Å². The number of hydrogen-bond donors (Lipinski definition) is 0. The molecule has 9 aromatic rings. The van der Waals surface area contributed by atoms with Crippen molar-refractivity contribution in [2.45, 2.75) is 0 Å². The monoisotopic (exact) mass is 587 g/mol. The Morgan fingerprint density at radius 1 is 0.370 bits per heavy atom. The van der Waals surface area contributed by atoms with Gasteiger partial charge >= 0.3 is 0 Å². The third-order valence-electron chi connectivity index (χ3n) is 9.03. The molecule has 0 bridgehead atoms. The standard InChI is InChI=1S/C44H29NO/c1-3-12-30(13-4-1)31-22-24-35(25-23-31)45(41-21-11-18-32-14-7-9-19-37(32)41)36-26-27-42-39(29-36)40-28-34-17-8-10-20-38(34)43(44(40)46-42)33-15-5-2-6-16-33/h1-29H. The highest BCUT2D eigenvalue weighted by molar-refractivity contribution is 6.19. The Morgan fingerprint density at radius 2 is 0.978 bits per heavy atom. The molecule has 0 fully saturated rings. The van der Waals surface area contributed by atoms with Crippen molar-refractivity contribution in [3.8, 4) is 22.3 Å². The average Bonchev–Trinajstić information content (AvgIpc) is 3.49. The van der Waals surface area contributed by atoms with Gasteiger partial charge in [-0.2, -0.15) is 0 Å². The first-order chi connectivity index (χ1) is 22.8. The third-order valence-corrected chi connectivity index (χ3v) is 9.03. The van der Waals surface area contributed by atoms with Crippen LogP contribution in [0.3, 0.4) is 0 Å². The molecule has 1 aromatic heterocycles. The van der Waals surface area contributed by atoms with Crippen molar-refractivity contribution < 1.29 is 4.42 Å². The molecule has 216 valence electrons. The summed E-state index contributed by atoms with van der Waals surface area (Å²) in [5.41, 5.74) is 9.79. The summed E-state index contributed by atoms with van der Waals surface area (Å²) in [5, 5.41) is 7.01. The average molecular weight is 588 g/mol. The first-order valence-corrected chi connectivity index (χ1v) is 15.7. The summed E-state index contributed by atoms with van der Waals surface area (Å²) in [7, 11) is 0. The van der Waals surface area contributed by atoms with Gasteiger partial charge in [0.1, 0.15) is 11.2 Å². The lowest BCUT2D eigenvalue weighted by atomic mass is 9.95. The summed E-state index contributed by atoms with van der Waals surface area (Å²) in [6.07, 6.45) is 0. The molecule has 0 spiro atoms. The van der Waals surface area contributed by atoms with E-state index in [9.17, 15) is 0 Å². The largest absolute Gasteiger partial charge is 0.455 e. The smallest absolute Gasteiger partial charge is 0.143 e. The normalized spacial score (nSPS) is 11.5. The first kappa shape index (κ1) is 26.3. The number of fused-ring (bicyclic) bond motifs is 5. The zero-order valence-electron chi connectivity index (χ0n) is 25.1. The zero-order valence-corrected chi connectivity index (χ0v) is 25.1. The van der Waals surface area contributed by atoms with Crippen LogP contribution in [0.15, 0.2) is 180 Å². The van der Waals surface area contributed by atoms with E-state index in [1.165, 1.54) is 32.7 Å². The molecule has 0 aliphatic carbocycles. The topological polar surface area (TPSA) is 16.4 Å². The van der Waals surface area contributed by atoms with Crippen molar-refractivity contribution in [3.63, 3.8) is 0 Å². The maximum atomic E-state index is 6.71. The summed E-state index contributed by atoms with van der Waals surface area (Å²) < 4.78 is 6.71.